The highest BCUT2D eigenvalue weighted by Crippen LogP contribution is 2.51. The van der Waals surface area contributed by atoms with Gasteiger partial charge in [0.25, 0.3) is 10.0 Å². The van der Waals surface area contributed by atoms with Crippen molar-refractivity contribution in [1.29, 1.82) is 0 Å². The third kappa shape index (κ3) is 7.73. The minimum absolute atomic E-state index is 0.0443. The van der Waals surface area contributed by atoms with Gasteiger partial charge in [0, 0.05) is 29.3 Å². The number of carbonyl (C=O) groups is 1. The van der Waals surface area contributed by atoms with Crippen molar-refractivity contribution in [1.82, 2.24) is 19.8 Å². The highest BCUT2D eigenvalue weighted by atomic mass is 32.2. The van der Waals surface area contributed by atoms with Gasteiger partial charge in [-0.2, -0.15) is 4.98 Å². The second-order valence-electron chi connectivity index (χ2n) is 13.6. The van der Waals surface area contributed by atoms with Crippen LogP contribution in [0.15, 0.2) is 53.4 Å². The van der Waals surface area contributed by atoms with E-state index in [9.17, 15) is 13.2 Å². The van der Waals surface area contributed by atoms with Crippen LogP contribution in [0.2, 0.25) is 0 Å². The Bertz CT molecular complexity index is 1590. The van der Waals surface area contributed by atoms with Crippen molar-refractivity contribution in [3.8, 4) is 17.1 Å². The molecule has 2 fully saturated rings. The van der Waals surface area contributed by atoms with Crippen LogP contribution in [0.3, 0.4) is 0 Å². The molecule has 9 nitrogen and oxygen atoms in total. The van der Waals surface area contributed by atoms with E-state index in [0.29, 0.717) is 41.8 Å². The number of rotatable bonds is 12. The Hall–Kier alpha value is -3.34. The molecule has 10 heteroatoms. The van der Waals surface area contributed by atoms with Crippen LogP contribution in [0.1, 0.15) is 67.4 Å². The Morgan fingerprint density at radius 3 is 2.38 bits per heavy atom. The molecule has 0 radical (unpaired) electrons. The summed E-state index contributed by atoms with van der Waals surface area (Å²) in [5.41, 5.74) is 4.25. The number of nitrogens with zero attached hydrogens (tertiary/aromatic N) is 4. The zero-order chi connectivity index (χ0) is 32.4. The zero-order valence-electron chi connectivity index (χ0n) is 27.4. The molecule has 0 unspecified atom stereocenters. The van der Waals surface area contributed by atoms with Gasteiger partial charge in [-0.15, -0.1) is 0 Å². The lowest BCUT2D eigenvalue weighted by Gasteiger charge is -2.55. The van der Waals surface area contributed by atoms with Crippen LogP contribution in [0, 0.1) is 25.2 Å². The zero-order valence-corrected chi connectivity index (χ0v) is 28.2. The monoisotopic (exact) mass is 633 g/mol. The maximum absolute atomic E-state index is 13.3. The molecule has 1 N–H and O–H groups in total. The smallest absolute Gasteiger partial charge is 0.264 e. The fourth-order valence-corrected chi connectivity index (χ4v) is 7.93. The summed E-state index contributed by atoms with van der Waals surface area (Å²) in [5.74, 6) is 0.710. The number of carbonyl (C=O) groups excluding carboxylic acids is 1. The molecule has 2 aromatic carbocycles. The van der Waals surface area contributed by atoms with Gasteiger partial charge in [-0.1, -0.05) is 44.2 Å². The molecule has 2 heterocycles. The lowest BCUT2D eigenvalue weighted by Crippen LogP contribution is -2.56. The summed E-state index contributed by atoms with van der Waals surface area (Å²) in [4.78, 5) is 25.3. The summed E-state index contributed by atoms with van der Waals surface area (Å²) < 4.78 is 35.6. The summed E-state index contributed by atoms with van der Waals surface area (Å²) in [6.07, 6.45) is 6.61. The van der Waals surface area contributed by atoms with E-state index in [2.05, 4.69) is 52.4 Å². The van der Waals surface area contributed by atoms with Gasteiger partial charge in [-0.05, 0) is 108 Å². The Morgan fingerprint density at radius 2 is 1.73 bits per heavy atom. The van der Waals surface area contributed by atoms with Crippen molar-refractivity contribution in [2.45, 2.75) is 76.8 Å². The SMILES string of the molecule is Cc1cccc(C)c1-c1cc(OC[C@@H](CC(C)C)N(C)C2CC3(CCN(C)CC3)C2)nc(NS(=O)(=O)c2cccc(C=O)c2)n1. The average Bonchev–Trinajstić information content (AvgIpc) is 2.98. The van der Waals surface area contributed by atoms with Crippen LogP contribution in [-0.2, 0) is 10.0 Å². The topological polar surface area (TPSA) is 105 Å². The van der Waals surface area contributed by atoms with Crippen LogP contribution < -0.4 is 9.46 Å². The number of anilines is 1. The van der Waals surface area contributed by atoms with Gasteiger partial charge in [-0.25, -0.2) is 18.1 Å². The molecule has 45 heavy (non-hydrogen) atoms. The molecule has 1 aromatic heterocycles. The number of aryl methyl sites for hydroxylation is 2. The third-order valence-corrected chi connectivity index (χ3v) is 11.0. The van der Waals surface area contributed by atoms with E-state index in [1.54, 1.807) is 12.1 Å². The lowest BCUT2D eigenvalue weighted by atomic mass is 9.60. The Balaban J connectivity index is 1.40. The number of aromatic nitrogens is 2. The first-order valence-electron chi connectivity index (χ1n) is 15.9. The van der Waals surface area contributed by atoms with Crippen molar-refractivity contribution in [3.05, 3.63) is 65.2 Å². The van der Waals surface area contributed by atoms with Gasteiger partial charge in [0.05, 0.1) is 10.6 Å². The molecule has 1 spiro atoms. The number of piperidine rings is 1. The Kier molecular flexibility index (Phi) is 9.96. The van der Waals surface area contributed by atoms with Gasteiger partial charge in [-0.3, -0.25) is 9.69 Å². The summed E-state index contributed by atoms with van der Waals surface area (Å²) >= 11 is 0. The second kappa shape index (κ2) is 13.6. The lowest BCUT2D eigenvalue weighted by molar-refractivity contribution is -0.0517. The predicted molar refractivity (Wildman–Crippen MR) is 178 cm³/mol. The number of ether oxygens (including phenoxy) is 1. The number of nitrogens with one attached hydrogen (secondary N) is 1. The molecule has 3 aromatic rings. The molecule has 1 aliphatic carbocycles. The minimum atomic E-state index is -4.07. The second-order valence-corrected chi connectivity index (χ2v) is 15.3. The summed E-state index contributed by atoms with van der Waals surface area (Å²) in [6.45, 7) is 11.3. The normalized spacial score (nSPS) is 17.8. The van der Waals surface area contributed by atoms with Crippen LogP contribution in [0.5, 0.6) is 5.88 Å². The van der Waals surface area contributed by atoms with Crippen molar-refractivity contribution in [3.63, 3.8) is 0 Å². The number of hydrogen-bond acceptors (Lipinski definition) is 8. The van der Waals surface area contributed by atoms with E-state index in [4.69, 9.17) is 4.74 Å². The molecule has 2 aliphatic rings. The predicted octanol–water partition coefficient (Wildman–Crippen LogP) is 5.97. The number of hydrogen-bond donors (Lipinski definition) is 1. The van der Waals surface area contributed by atoms with E-state index < -0.39 is 10.0 Å². The molecule has 1 atom stereocenters. The van der Waals surface area contributed by atoms with Crippen LogP contribution in [0.4, 0.5) is 5.95 Å². The highest BCUT2D eigenvalue weighted by molar-refractivity contribution is 7.92. The van der Waals surface area contributed by atoms with Crippen LogP contribution >= 0.6 is 0 Å². The average molecular weight is 634 g/mol. The summed E-state index contributed by atoms with van der Waals surface area (Å²) in [6, 6.07) is 14.3. The number of likely N-dealkylation sites (N-methyl/N-ethyl adjacent to an activating group) is 1. The fourth-order valence-electron chi connectivity index (χ4n) is 6.93. The number of aldehydes is 1. The van der Waals surface area contributed by atoms with E-state index in [0.717, 1.165) is 23.1 Å². The van der Waals surface area contributed by atoms with Crippen LogP contribution in [-0.4, -0.2) is 80.3 Å². The standard InChI is InChI=1S/C35H47N5O4S/c1-24(2)17-28(40(6)29-20-35(21-29)13-15-39(5)16-14-35)23-44-32-19-31(33-25(3)9-7-10-26(33)4)36-34(37-32)38-45(42,43)30-12-8-11-27(18-30)22-41/h7-12,18-19,22,24,28-29H,13-17,20-21,23H2,1-6H3,(H,36,37,38)/t28-/m1/s1. The van der Waals surface area contributed by atoms with Gasteiger partial charge in [0.2, 0.25) is 11.8 Å². The van der Waals surface area contributed by atoms with Crippen molar-refractivity contribution >= 4 is 22.3 Å². The molecule has 1 aliphatic heterocycles. The first kappa shape index (κ1) is 33.0. The van der Waals surface area contributed by atoms with E-state index in [1.165, 1.54) is 57.0 Å². The molecular formula is C35H47N5O4S. The quantitative estimate of drug-likeness (QED) is 0.243. The van der Waals surface area contributed by atoms with E-state index in [1.807, 2.05) is 32.0 Å². The largest absolute Gasteiger partial charge is 0.476 e. The Labute approximate surface area is 268 Å². The van der Waals surface area contributed by atoms with E-state index in [-0.39, 0.29) is 22.4 Å². The molecule has 0 bridgehead atoms. The first-order chi connectivity index (χ1) is 21.4. The summed E-state index contributed by atoms with van der Waals surface area (Å²) in [5, 5.41) is 0. The maximum Gasteiger partial charge on any atom is 0.264 e. The van der Waals surface area contributed by atoms with Crippen molar-refractivity contribution in [2.75, 3.05) is 38.5 Å². The summed E-state index contributed by atoms with van der Waals surface area (Å²) in [7, 11) is 0.367. The number of sulfonamides is 1. The Morgan fingerprint density at radius 1 is 1.07 bits per heavy atom. The molecule has 242 valence electrons. The van der Waals surface area contributed by atoms with Gasteiger partial charge < -0.3 is 9.64 Å². The third-order valence-electron chi connectivity index (χ3n) is 9.67. The van der Waals surface area contributed by atoms with Crippen LogP contribution in [0.25, 0.3) is 11.3 Å². The molecule has 5 rings (SSSR count). The van der Waals surface area contributed by atoms with Crippen molar-refractivity contribution < 1.29 is 17.9 Å². The maximum atomic E-state index is 13.3. The molecule has 1 saturated heterocycles. The molecular weight excluding hydrogens is 586 g/mol. The van der Waals surface area contributed by atoms with E-state index >= 15 is 0 Å². The molecule has 0 amide bonds. The van der Waals surface area contributed by atoms with Crippen molar-refractivity contribution in [2.24, 2.45) is 11.3 Å². The minimum Gasteiger partial charge on any atom is -0.476 e. The highest BCUT2D eigenvalue weighted by Gasteiger charge is 2.47. The fraction of sp³-hybridized carbons (Fsp3) is 0.514. The van der Waals surface area contributed by atoms with Gasteiger partial charge >= 0.3 is 0 Å². The number of likely N-dealkylation sites (tertiary alicyclic amines) is 1. The molecule has 1 saturated carbocycles. The first-order valence-corrected chi connectivity index (χ1v) is 17.4. The number of benzene rings is 2. The van der Waals surface area contributed by atoms with Gasteiger partial charge in [0.1, 0.15) is 12.9 Å². The van der Waals surface area contributed by atoms with Gasteiger partial charge in [0.15, 0.2) is 0 Å².